The van der Waals surface area contributed by atoms with Crippen LogP contribution in [0.1, 0.15) is 37.8 Å². The first-order valence-electron chi connectivity index (χ1n) is 9.83. The van der Waals surface area contributed by atoms with E-state index in [4.69, 9.17) is 9.47 Å². The lowest BCUT2D eigenvalue weighted by Gasteiger charge is -2.41. The monoisotopic (exact) mass is 360 g/mol. The van der Waals surface area contributed by atoms with Crippen LogP contribution < -0.4 is 0 Å². The lowest BCUT2D eigenvalue weighted by atomic mass is 9.92. The fourth-order valence-corrected chi connectivity index (χ4v) is 4.19. The Hall–Kier alpha value is -1.43. The number of morpholine rings is 1. The Morgan fingerprint density at radius 3 is 2.73 bits per heavy atom. The minimum Gasteiger partial charge on any atom is -0.378 e. The second kappa shape index (κ2) is 8.98. The summed E-state index contributed by atoms with van der Waals surface area (Å²) in [5, 5.41) is 0. The van der Waals surface area contributed by atoms with Gasteiger partial charge in [0.25, 0.3) is 0 Å². The minimum absolute atomic E-state index is 0.00749. The Labute approximate surface area is 157 Å². The third kappa shape index (κ3) is 4.45. The van der Waals surface area contributed by atoms with E-state index in [1.54, 1.807) is 0 Å². The largest absolute Gasteiger partial charge is 0.378 e. The van der Waals surface area contributed by atoms with Gasteiger partial charge in [0.05, 0.1) is 24.9 Å². The summed E-state index contributed by atoms with van der Waals surface area (Å²) in [7, 11) is 4.05. The smallest absolute Gasteiger partial charge is 0.225 e. The third-order valence-electron chi connectivity index (χ3n) is 5.75. The zero-order valence-corrected chi connectivity index (χ0v) is 16.3. The van der Waals surface area contributed by atoms with Crippen molar-refractivity contribution in [2.75, 3.05) is 40.4 Å². The summed E-state index contributed by atoms with van der Waals surface area (Å²) in [6.45, 7) is 5.06. The Morgan fingerprint density at radius 1 is 1.23 bits per heavy atom. The fraction of sp³-hybridized carbons (Fsp3) is 0.667. The highest BCUT2D eigenvalue weighted by atomic mass is 16.5. The Morgan fingerprint density at radius 2 is 2.00 bits per heavy atom. The highest BCUT2D eigenvalue weighted by Gasteiger charge is 2.35. The fourth-order valence-electron chi connectivity index (χ4n) is 4.19. The summed E-state index contributed by atoms with van der Waals surface area (Å²) in [6, 6.07) is 10.6. The predicted octanol–water partition coefficient (Wildman–Crippen LogP) is 2.72. The van der Waals surface area contributed by atoms with Gasteiger partial charge >= 0.3 is 0 Å². The van der Waals surface area contributed by atoms with E-state index >= 15 is 0 Å². The van der Waals surface area contributed by atoms with E-state index < -0.39 is 0 Å². The van der Waals surface area contributed by atoms with Crippen LogP contribution in [-0.2, 0) is 14.3 Å². The molecule has 0 aliphatic carbocycles. The predicted molar refractivity (Wildman–Crippen MR) is 102 cm³/mol. The van der Waals surface area contributed by atoms with Crippen LogP contribution in [-0.4, -0.2) is 68.3 Å². The molecule has 0 bridgehead atoms. The SMILES string of the molecule is CCC1CC(C(=O)N(C)C[C@@H]2OCCN(C)[C@H]2c2ccccc2)CCO1. The maximum Gasteiger partial charge on any atom is 0.225 e. The van der Waals surface area contributed by atoms with Crippen LogP contribution >= 0.6 is 0 Å². The van der Waals surface area contributed by atoms with E-state index in [9.17, 15) is 4.79 Å². The van der Waals surface area contributed by atoms with Gasteiger partial charge < -0.3 is 14.4 Å². The van der Waals surface area contributed by atoms with Crippen molar-refractivity contribution < 1.29 is 14.3 Å². The number of hydrogen-bond acceptors (Lipinski definition) is 4. The van der Waals surface area contributed by atoms with Crippen LogP contribution in [0.15, 0.2) is 30.3 Å². The quantitative estimate of drug-likeness (QED) is 0.810. The molecular formula is C21H32N2O3. The van der Waals surface area contributed by atoms with Gasteiger partial charge in [-0.3, -0.25) is 9.69 Å². The number of ether oxygens (including phenoxy) is 2. The summed E-state index contributed by atoms with van der Waals surface area (Å²) in [4.78, 5) is 17.2. The molecule has 5 nitrogen and oxygen atoms in total. The van der Waals surface area contributed by atoms with Crippen molar-refractivity contribution in [2.45, 2.75) is 44.4 Å². The third-order valence-corrected chi connectivity index (χ3v) is 5.75. The van der Waals surface area contributed by atoms with Gasteiger partial charge in [-0.05, 0) is 31.9 Å². The number of hydrogen-bond donors (Lipinski definition) is 0. The van der Waals surface area contributed by atoms with Crippen molar-refractivity contribution in [2.24, 2.45) is 5.92 Å². The molecule has 4 atom stereocenters. The van der Waals surface area contributed by atoms with Crippen LogP contribution in [0, 0.1) is 5.92 Å². The maximum absolute atomic E-state index is 13.0. The molecule has 2 saturated heterocycles. The first-order chi connectivity index (χ1) is 12.6. The van der Waals surface area contributed by atoms with Gasteiger partial charge in [-0.2, -0.15) is 0 Å². The molecule has 144 valence electrons. The average molecular weight is 360 g/mol. The van der Waals surface area contributed by atoms with Crippen LogP contribution in [0.2, 0.25) is 0 Å². The van der Waals surface area contributed by atoms with Crippen molar-refractivity contribution >= 4 is 5.91 Å². The maximum atomic E-state index is 13.0. The molecule has 0 N–H and O–H groups in total. The van der Waals surface area contributed by atoms with Crippen molar-refractivity contribution in [3.8, 4) is 0 Å². The molecule has 2 heterocycles. The molecule has 0 radical (unpaired) electrons. The molecule has 2 fully saturated rings. The molecule has 0 aromatic heterocycles. The molecule has 2 aliphatic rings. The molecule has 2 unspecified atom stereocenters. The Bertz CT molecular complexity index is 580. The van der Waals surface area contributed by atoms with E-state index in [0.717, 1.165) is 25.8 Å². The van der Waals surface area contributed by atoms with E-state index in [1.807, 2.05) is 18.0 Å². The number of likely N-dealkylation sites (N-methyl/N-ethyl adjacent to an activating group) is 2. The lowest BCUT2D eigenvalue weighted by molar-refractivity contribution is -0.144. The summed E-state index contributed by atoms with van der Waals surface area (Å²) >= 11 is 0. The minimum atomic E-state index is -0.00749. The lowest BCUT2D eigenvalue weighted by Crippen LogP contribution is -2.50. The topological polar surface area (TPSA) is 42.0 Å². The normalized spacial score (nSPS) is 30.1. The summed E-state index contributed by atoms with van der Waals surface area (Å²) in [5.74, 6) is 0.311. The Balaban J connectivity index is 1.66. The molecule has 3 rings (SSSR count). The molecule has 26 heavy (non-hydrogen) atoms. The van der Waals surface area contributed by atoms with Gasteiger partial charge in [0.2, 0.25) is 5.91 Å². The van der Waals surface area contributed by atoms with Gasteiger partial charge in [-0.1, -0.05) is 37.3 Å². The molecule has 0 saturated carbocycles. The molecule has 0 spiro atoms. The molecule has 5 heteroatoms. The summed E-state index contributed by atoms with van der Waals surface area (Å²) in [5.41, 5.74) is 1.25. The van der Waals surface area contributed by atoms with Crippen LogP contribution in [0.5, 0.6) is 0 Å². The van der Waals surface area contributed by atoms with Gasteiger partial charge in [-0.25, -0.2) is 0 Å². The molecule has 1 aromatic rings. The number of carbonyl (C=O) groups excluding carboxylic acids is 1. The van der Waals surface area contributed by atoms with Crippen LogP contribution in [0.25, 0.3) is 0 Å². The van der Waals surface area contributed by atoms with Gasteiger partial charge in [-0.15, -0.1) is 0 Å². The number of benzene rings is 1. The Kier molecular flexibility index (Phi) is 6.68. The summed E-state index contributed by atoms with van der Waals surface area (Å²) in [6.07, 6.45) is 2.85. The number of amides is 1. The van der Waals surface area contributed by atoms with Crippen molar-refractivity contribution in [1.29, 1.82) is 0 Å². The molecule has 1 amide bonds. The zero-order valence-electron chi connectivity index (χ0n) is 16.3. The highest BCUT2D eigenvalue weighted by molar-refractivity contribution is 5.78. The molecular weight excluding hydrogens is 328 g/mol. The highest BCUT2D eigenvalue weighted by Crippen LogP contribution is 2.30. The standard InChI is InChI=1S/C21H32N2O3/c1-4-18-14-17(10-12-25-18)21(24)23(3)15-19-20(22(2)11-13-26-19)16-8-6-5-7-9-16/h5-9,17-20H,4,10-15H2,1-3H3/t17?,18?,19-,20-/m0/s1. The van der Waals surface area contributed by atoms with E-state index in [0.29, 0.717) is 19.8 Å². The first-order valence-corrected chi connectivity index (χ1v) is 9.83. The molecule has 1 aromatic carbocycles. The van der Waals surface area contributed by atoms with Gasteiger partial charge in [0.1, 0.15) is 0 Å². The van der Waals surface area contributed by atoms with Gasteiger partial charge in [0, 0.05) is 32.7 Å². The van der Waals surface area contributed by atoms with Crippen LogP contribution in [0.4, 0.5) is 0 Å². The van der Waals surface area contributed by atoms with Crippen molar-refractivity contribution in [1.82, 2.24) is 9.80 Å². The average Bonchev–Trinajstić information content (AvgIpc) is 2.68. The van der Waals surface area contributed by atoms with Gasteiger partial charge in [0.15, 0.2) is 0 Å². The molecule has 2 aliphatic heterocycles. The van der Waals surface area contributed by atoms with Crippen molar-refractivity contribution in [3.63, 3.8) is 0 Å². The number of rotatable bonds is 5. The second-order valence-corrected chi connectivity index (χ2v) is 7.59. The van der Waals surface area contributed by atoms with E-state index in [1.165, 1.54) is 5.56 Å². The van der Waals surface area contributed by atoms with Crippen LogP contribution in [0.3, 0.4) is 0 Å². The van der Waals surface area contributed by atoms with E-state index in [-0.39, 0.29) is 30.1 Å². The first kappa shape index (κ1) is 19.3. The second-order valence-electron chi connectivity index (χ2n) is 7.59. The number of carbonyl (C=O) groups is 1. The number of nitrogens with zero attached hydrogens (tertiary/aromatic N) is 2. The van der Waals surface area contributed by atoms with Crippen molar-refractivity contribution in [3.05, 3.63) is 35.9 Å². The zero-order chi connectivity index (χ0) is 18.5. The summed E-state index contributed by atoms with van der Waals surface area (Å²) < 4.78 is 11.8. The van der Waals surface area contributed by atoms with E-state index in [2.05, 4.69) is 43.1 Å².